The molecule has 0 aromatic heterocycles. The summed E-state index contributed by atoms with van der Waals surface area (Å²) in [4.78, 5) is 2.36. The molecule has 0 radical (unpaired) electrons. The lowest BCUT2D eigenvalue weighted by Crippen LogP contribution is -2.47. The molecule has 0 amide bonds. The van der Waals surface area contributed by atoms with Crippen molar-refractivity contribution in [1.29, 1.82) is 0 Å². The van der Waals surface area contributed by atoms with Gasteiger partial charge in [0, 0.05) is 18.3 Å². The highest BCUT2D eigenvalue weighted by Crippen LogP contribution is 2.38. The predicted octanol–water partition coefficient (Wildman–Crippen LogP) is 4.28. The van der Waals surface area contributed by atoms with Crippen molar-refractivity contribution >= 4 is 11.4 Å². The van der Waals surface area contributed by atoms with Crippen LogP contribution in [0.3, 0.4) is 0 Å². The summed E-state index contributed by atoms with van der Waals surface area (Å²) in [6.07, 6.45) is 2.01. The van der Waals surface area contributed by atoms with E-state index < -0.39 is 0 Å². The Bertz CT molecular complexity index is 710. The number of hydrogen-bond donors (Lipinski definition) is 1. The second kappa shape index (κ2) is 7.26. The Hall–Kier alpha value is -2.36. The van der Waals surface area contributed by atoms with E-state index in [-0.39, 0.29) is 5.60 Å². The van der Waals surface area contributed by atoms with Crippen LogP contribution in [-0.4, -0.2) is 25.3 Å². The summed E-state index contributed by atoms with van der Waals surface area (Å²) in [5, 5.41) is 0. The van der Waals surface area contributed by atoms with Crippen LogP contribution < -0.4 is 20.1 Å². The fraction of sp³-hybridized carbons (Fsp3) is 0.429. The second-order valence-corrected chi connectivity index (χ2v) is 7.21. The van der Waals surface area contributed by atoms with Crippen LogP contribution in [0.25, 0.3) is 0 Å². The first-order chi connectivity index (χ1) is 12.0. The van der Waals surface area contributed by atoms with Crippen molar-refractivity contribution in [2.24, 2.45) is 0 Å². The molecule has 0 unspecified atom stereocenters. The smallest absolute Gasteiger partial charge is 0.145 e. The van der Waals surface area contributed by atoms with E-state index in [1.165, 1.54) is 5.56 Å². The van der Waals surface area contributed by atoms with E-state index in [0.717, 1.165) is 48.8 Å². The topological polar surface area (TPSA) is 47.7 Å². The molecule has 0 bridgehead atoms. The van der Waals surface area contributed by atoms with Crippen molar-refractivity contribution in [1.82, 2.24) is 0 Å². The number of nitrogens with two attached hydrogens (primary N) is 1. The van der Waals surface area contributed by atoms with Crippen molar-refractivity contribution in [3.8, 4) is 11.5 Å². The Balaban J connectivity index is 1.57. The van der Waals surface area contributed by atoms with E-state index in [0.29, 0.717) is 6.61 Å². The molecular weight excluding hydrogens is 312 g/mol. The van der Waals surface area contributed by atoms with Crippen molar-refractivity contribution in [2.75, 3.05) is 30.3 Å². The maximum absolute atomic E-state index is 6.07. The Morgan fingerprint density at radius 3 is 2.64 bits per heavy atom. The molecule has 2 aromatic rings. The normalized spacial score (nSPS) is 15.4. The average molecular weight is 340 g/mol. The zero-order valence-corrected chi connectivity index (χ0v) is 15.4. The summed E-state index contributed by atoms with van der Waals surface area (Å²) in [5.41, 5.74) is 8.86. The quantitative estimate of drug-likeness (QED) is 0.630. The third-order valence-electron chi connectivity index (χ3n) is 4.46. The van der Waals surface area contributed by atoms with Crippen molar-refractivity contribution < 1.29 is 9.47 Å². The van der Waals surface area contributed by atoms with Gasteiger partial charge in [0.05, 0.1) is 18.8 Å². The van der Waals surface area contributed by atoms with E-state index in [4.69, 9.17) is 15.2 Å². The van der Waals surface area contributed by atoms with Gasteiger partial charge in [-0.05, 0) is 56.5 Å². The van der Waals surface area contributed by atoms with Crippen LogP contribution in [0.5, 0.6) is 11.5 Å². The zero-order chi connectivity index (χ0) is 17.9. The van der Waals surface area contributed by atoms with Crippen LogP contribution in [0.4, 0.5) is 11.4 Å². The van der Waals surface area contributed by atoms with E-state index in [2.05, 4.69) is 49.9 Å². The van der Waals surface area contributed by atoms with E-state index >= 15 is 0 Å². The third-order valence-corrected chi connectivity index (χ3v) is 4.46. The van der Waals surface area contributed by atoms with Gasteiger partial charge in [0.1, 0.15) is 17.1 Å². The SMILES string of the molecule is CCc1ccc(OCCCN2CC(C)(C)Oc3cc(N)ccc32)cc1. The molecule has 0 spiro atoms. The first-order valence-electron chi connectivity index (χ1n) is 9.02. The highest BCUT2D eigenvalue weighted by molar-refractivity contribution is 5.65. The van der Waals surface area contributed by atoms with Crippen molar-refractivity contribution in [3.05, 3.63) is 48.0 Å². The summed E-state index contributed by atoms with van der Waals surface area (Å²) >= 11 is 0. The van der Waals surface area contributed by atoms with E-state index in [9.17, 15) is 0 Å². The Kier molecular flexibility index (Phi) is 5.07. The lowest BCUT2D eigenvalue weighted by Gasteiger charge is -2.41. The molecule has 1 aliphatic heterocycles. The summed E-state index contributed by atoms with van der Waals surface area (Å²) < 4.78 is 12.0. The van der Waals surface area contributed by atoms with Crippen molar-refractivity contribution in [3.63, 3.8) is 0 Å². The maximum Gasteiger partial charge on any atom is 0.145 e. The third kappa shape index (κ3) is 4.38. The molecule has 0 saturated heterocycles. The minimum absolute atomic E-state index is 0.225. The number of hydrogen-bond acceptors (Lipinski definition) is 4. The lowest BCUT2D eigenvalue weighted by atomic mass is 10.0. The first-order valence-corrected chi connectivity index (χ1v) is 9.02. The average Bonchev–Trinajstić information content (AvgIpc) is 2.57. The van der Waals surface area contributed by atoms with Gasteiger partial charge in [-0.2, -0.15) is 0 Å². The van der Waals surface area contributed by atoms with Gasteiger partial charge in [0.15, 0.2) is 0 Å². The Labute approximate surface area is 150 Å². The first kappa shape index (κ1) is 17.5. The summed E-state index contributed by atoms with van der Waals surface area (Å²) in [5.74, 6) is 1.81. The highest BCUT2D eigenvalue weighted by Gasteiger charge is 2.31. The van der Waals surface area contributed by atoms with E-state index in [1.807, 2.05) is 18.2 Å². The highest BCUT2D eigenvalue weighted by atomic mass is 16.5. The Morgan fingerprint density at radius 1 is 1.16 bits per heavy atom. The molecule has 0 atom stereocenters. The van der Waals surface area contributed by atoms with Crippen LogP contribution in [0.2, 0.25) is 0 Å². The van der Waals surface area contributed by atoms with Gasteiger partial charge in [-0.25, -0.2) is 0 Å². The summed E-state index contributed by atoms with van der Waals surface area (Å²) in [6.45, 7) is 8.86. The van der Waals surface area contributed by atoms with Gasteiger partial charge in [-0.15, -0.1) is 0 Å². The molecule has 25 heavy (non-hydrogen) atoms. The van der Waals surface area contributed by atoms with Gasteiger partial charge in [0.2, 0.25) is 0 Å². The molecular formula is C21H28N2O2. The number of benzene rings is 2. The van der Waals surface area contributed by atoms with Crippen LogP contribution in [0.15, 0.2) is 42.5 Å². The summed E-state index contributed by atoms with van der Waals surface area (Å²) in [6, 6.07) is 14.2. The molecule has 2 aromatic carbocycles. The van der Waals surface area contributed by atoms with Gasteiger partial charge in [-0.3, -0.25) is 0 Å². The number of anilines is 2. The molecule has 0 fully saturated rings. The molecule has 4 heteroatoms. The number of aryl methyl sites for hydroxylation is 1. The summed E-state index contributed by atoms with van der Waals surface area (Å²) in [7, 11) is 0. The number of nitrogen functional groups attached to an aromatic ring is 1. The van der Waals surface area contributed by atoms with Crippen LogP contribution >= 0.6 is 0 Å². The number of nitrogens with zero attached hydrogens (tertiary/aromatic N) is 1. The monoisotopic (exact) mass is 340 g/mol. The molecule has 2 N–H and O–H groups in total. The number of fused-ring (bicyclic) bond motifs is 1. The fourth-order valence-electron chi connectivity index (χ4n) is 3.21. The fourth-order valence-corrected chi connectivity index (χ4v) is 3.21. The van der Waals surface area contributed by atoms with Crippen molar-refractivity contribution in [2.45, 2.75) is 39.2 Å². The van der Waals surface area contributed by atoms with Gasteiger partial charge in [-0.1, -0.05) is 19.1 Å². The minimum Gasteiger partial charge on any atom is -0.494 e. The Morgan fingerprint density at radius 2 is 1.92 bits per heavy atom. The lowest BCUT2D eigenvalue weighted by molar-refractivity contribution is 0.104. The largest absolute Gasteiger partial charge is 0.494 e. The van der Waals surface area contributed by atoms with E-state index in [1.54, 1.807) is 0 Å². The van der Waals surface area contributed by atoms with Crippen LogP contribution in [0, 0.1) is 0 Å². The van der Waals surface area contributed by atoms with Gasteiger partial charge < -0.3 is 20.1 Å². The van der Waals surface area contributed by atoms with Crippen LogP contribution in [-0.2, 0) is 6.42 Å². The molecule has 0 aliphatic carbocycles. The number of ether oxygens (including phenoxy) is 2. The zero-order valence-electron chi connectivity index (χ0n) is 15.4. The molecule has 134 valence electrons. The van der Waals surface area contributed by atoms with Crippen LogP contribution in [0.1, 0.15) is 32.8 Å². The predicted molar refractivity (Wildman–Crippen MR) is 104 cm³/mol. The minimum atomic E-state index is -0.225. The van der Waals surface area contributed by atoms with Gasteiger partial charge >= 0.3 is 0 Å². The standard InChI is InChI=1S/C21H28N2O2/c1-4-16-6-9-18(10-7-16)24-13-5-12-23-15-21(2,3)25-20-14-17(22)8-11-19(20)23/h6-11,14H,4-5,12-13,15,22H2,1-3H3. The second-order valence-electron chi connectivity index (χ2n) is 7.21. The maximum atomic E-state index is 6.07. The molecule has 4 nitrogen and oxygen atoms in total. The molecule has 3 rings (SSSR count). The number of rotatable bonds is 6. The molecule has 1 aliphatic rings. The van der Waals surface area contributed by atoms with Gasteiger partial charge in [0.25, 0.3) is 0 Å². The molecule has 0 saturated carbocycles. The molecule has 1 heterocycles.